The Hall–Kier alpha value is -0.630. The molecule has 7 atom stereocenters. The van der Waals surface area contributed by atoms with E-state index in [-0.39, 0.29) is 10.8 Å². The number of allylic oxidation sites excluding steroid dienone is 1. The van der Waals surface area contributed by atoms with Gasteiger partial charge in [0.05, 0.1) is 5.60 Å². The van der Waals surface area contributed by atoms with Gasteiger partial charge in [-0.15, -0.1) is 0 Å². The standard InChI is InChI=1S/C21H32O2/c1-13-11-14-12-15(22)5-8-19(14,2)16-6-9-20(3)17(18(13)16)7-10-21(20,4)23/h12-13,16-18,23H,5-11H2,1-4H3/t13-,16+,17+,18-,19+,20+,21-/m1/s1. The van der Waals surface area contributed by atoms with Crippen LogP contribution in [-0.2, 0) is 4.79 Å². The van der Waals surface area contributed by atoms with Crippen LogP contribution in [0.3, 0.4) is 0 Å². The number of carbonyl (C=O) groups excluding carboxylic acids is 1. The number of ketones is 1. The zero-order valence-electron chi connectivity index (χ0n) is 15.2. The van der Waals surface area contributed by atoms with E-state index in [1.54, 1.807) is 0 Å². The number of hydrogen-bond donors (Lipinski definition) is 1. The van der Waals surface area contributed by atoms with Gasteiger partial charge in [-0.3, -0.25) is 4.79 Å². The van der Waals surface area contributed by atoms with Gasteiger partial charge in [-0.2, -0.15) is 0 Å². The molecule has 0 bridgehead atoms. The molecule has 0 radical (unpaired) electrons. The minimum absolute atomic E-state index is 0.0878. The van der Waals surface area contributed by atoms with Crippen molar-refractivity contribution >= 4 is 5.78 Å². The lowest BCUT2D eigenvalue weighted by Crippen LogP contribution is -2.55. The number of carbonyl (C=O) groups is 1. The van der Waals surface area contributed by atoms with Gasteiger partial charge in [0.2, 0.25) is 0 Å². The van der Waals surface area contributed by atoms with Crippen LogP contribution >= 0.6 is 0 Å². The van der Waals surface area contributed by atoms with Crippen molar-refractivity contribution in [1.82, 2.24) is 0 Å². The highest BCUT2D eigenvalue weighted by Gasteiger charge is 2.63. The molecule has 1 N–H and O–H groups in total. The molecule has 0 unspecified atom stereocenters. The Morgan fingerprint density at radius 2 is 1.78 bits per heavy atom. The van der Waals surface area contributed by atoms with E-state index in [4.69, 9.17) is 0 Å². The van der Waals surface area contributed by atoms with Crippen LogP contribution in [-0.4, -0.2) is 16.5 Å². The zero-order chi connectivity index (χ0) is 16.6. The quantitative estimate of drug-likeness (QED) is 0.713. The second-order valence-electron chi connectivity index (χ2n) is 9.79. The van der Waals surface area contributed by atoms with Crippen molar-refractivity contribution in [3.8, 4) is 0 Å². The maximum absolute atomic E-state index is 11.9. The highest BCUT2D eigenvalue weighted by Crippen LogP contribution is 2.68. The first-order valence-corrected chi connectivity index (χ1v) is 9.65. The molecule has 0 aliphatic heterocycles. The largest absolute Gasteiger partial charge is 0.390 e. The maximum Gasteiger partial charge on any atom is 0.155 e. The van der Waals surface area contributed by atoms with E-state index in [0.717, 1.165) is 38.0 Å². The summed E-state index contributed by atoms with van der Waals surface area (Å²) in [5.41, 5.74) is 1.27. The van der Waals surface area contributed by atoms with Crippen LogP contribution in [0.5, 0.6) is 0 Å². The van der Waals surface area contributed by atoms with Crippen molar-refractivity contribution in [1.29, 1.82) is 0 Å². The summed E-state index contributed by atoms with van der Waals surface area (Å²) in [6.07, 6.45) is 9.39. The van der Waals surface area contributed by atoms with Gasteiger partial charge in [-0.25, -0.2) is 0 Å². The molecule has 3 saturated carbocycles. The summed E-state index contributed by atoms with van der Waals surface area (Å²) in [5, 5.41) is 11.0. The maximum atomic E-state index is 11.9. The molecular formula is C21H32O2. The van der Waals surface area contributed by atoms with Crippen LogP contribution in [0.4, 0.5) is 0 Å². The van der Waals surface area contributed by atoms with E-state index in [1.165, 1.54) is 18.4 Å². The topological polar surface area (TPSA) is 37.3 Å². The highest BCUT2D eigenvalue weighted by molar-refractivity contribution is 5.91. The van der Waals surface area contributed by atoms with Gasteiger partial charge in [-0.1, -0.05) is 26.3 Å². The fourth-order valence-corrected chi connectivity index (χ4v) is 7.15. The predicted molar refractivity (Wildman–Crippen MR) is 91.9 cm³/mol. The van der Waals surface area contributed by atoms with Crippen molar-refractivity contribution in [3.63, 3.8) is 0 Å². The summed E-state index contributed by atoms with van der Waals surface area (Å²) in [7, 11) is 0. The van der Waals surface area contributed by atoms with Crippen molar-refractivity contribution in [3.05, 3.63) is 11.6 Å². The van der Waals surface area contributed by atoms with Crippen LogP contribution < -0.4 is 0 Å². The first-order valence-electron chi connectivity index (χ1n) is 9.65. The van der Waals surface area contributed by atoms with E-state index in [9.17, 15) is 9.90 Å². The molecule has 0 saturated heterocycles. The van der Waals surface area contributed by atoms with Crippen LogP contribution in [0, 0.1) is 34.5 Å². The van der Waals surface area contributed by atoms with Crippen molar-refractivity contribution in [2.24, 2.45) is 34.5 Å². The first kappa shape index (κ1) is 15.9. The van der Waals surface area contributed by atoms with Gasteiger partial charge in [0.1, 0.15) is 0 Å². The van der Waals surface area contributed by atoms with Gasteiger partial charge < -0.3 is 5.11 Å². The number of fused-ring (bicyclic) bond motifs is 5. The van der Waals surface area contributed by atoms with Gasteiger partial charge >= 0.3 is 0 Å². The van der Waals surface area contributed by atoms with Gasteiger partial charge in [0.15, 0.2) is 5.78 Å². The Kier molecular flexibility index (Phi) is 3.25. The van der Waals surface area contributed by atoms with Crippen LogP contribution in [0.1, 0.15) is 72.6 Å². The van der Waals surface area contributed by atoms with E-state index in [2.05, 4.69) is 27.7 Å². The molecule has 3 fully saturated rings. The van der Waals surface area contributed by atoms with E-state index < -0.39 is 5.60 Å². The van der Waals surface area contributed by atoms with Crippen LogP contribution in [0.25, 0.3) is 0 Å². The molecule has 2 heteroatoms. The summed E-state index contributed by atoms with van der Waals surface area (Å²) in [4.78, 5) is 11.9. The molecule has 4 aliphatic rings. The lowest BCUT2D eigenvalue weighted by molar-refractivity contribution is -0.132. The Morgan fingerprint density at radius 3 is 2.52 bits per heavy atom. The average molecular weight is 316 g/mol. The second kappa shape index (κ2) is 4.71. The SMILES string of the molecule is C[C@@H]1CC2=CC(=O)CC[C@]2(C)[C@H]2CC[C@@]3(C)[C@@H](CC[C@@]3(C)O)[C@H]12. The summed E-state index contributed by atoms with van der Waals surface area (Å²) >= 11 is 0. The Balaban J connectivity index is 1.74. The van der Waals surface area contributed by atoms with Crippen molar-refractivity contribution in [2.45, 2.75) is 78.2 Å². The van der Waals surface area contributed by atoms with E-state index in [0.29, 0.717) is 23.5 Å². The molecule has 0 aromatic heterocycles. The molecule has 0 heterocycles. The lowest BCUT2D eigenvalue weighted by atomic mass is 9.44. The third kappa shape index (κ3) is 1.94. The molecule has 4 rings (SSSR count). The van der Waals surface area contributed by atoms with Crippen LogP contribution in [0.15, 0.2) is 11.6 Å². The number of hydrogen-bond acceptors (Lipinski definition) is 2. The lowest BCUT2D eigenvalue weighted by Gasteiger charge is -2.60. The minimum atomic E-state index is -0.498. The first-order chi connectivity index (χ1) is 10.7. The third-order valence-corrected chi connectivity index (χ3v) is 8.87. The second-order valence-corrected chi connectivity index (χ2v) is 9.79. The Labute approximate surface area is 140 Å². The average Bonchev–Trinajstić information content (AvgIpc) is 2.72. The van der Waals surface area contributed by atoms with E-state index >= 15 is 0 Å². The predicted octanol–water partition coefficient (Wildman–Crippen LogP) is 4.52. The van der Waals surface area contributed by atoms with Gasteiger partial charge in [-0.05, 0) is 86.0 Å². The fourth-order valence-electron chi connectivity index (χ4n) is 7.15. The molecule has 23 heavy (non-hydrogen) atoms. The van der Waals surface area contributed by atoms with Crippen molar-refractivity contribution < 1.29 is 9.90 Å². The van der Waals surface area contributed by atoms with Crippen LogP contribution in [0.2, 0.25) is 0 Å². The summed E-state index contributed by atoms with van der Waals surface area (Å²) in [6.45, 7) is 9.26. The monoisotopic (exact) mass is 316 g/mol. The molecule has 4 aliphatic carbocycles. The molecule has 128 valence electrons. The molecular weight excluding hydrogens is 284 g/mol. The smallest absolute Gasteiger partial charge is 0.155 e. The summed E-state index contributed by atoms with van der Waals surface area (Å²) in [6, 6.07) is 0. The third-order valence-electron chi connectivity index (χ3n) is 8.87. The summed E-state index contributed by atoms with van der Waals surface area (Å²) < 4.78 is 0. The zero-order valence-corrected chi connectivity index (χ0v) is 15.2. The van der Waals surface area contributed by atoms with E-state index in [1.807, 2.05) is 6.08 Å². The fraction of sp³-hybridized carbons (Fsp3) is 0.857. The molecule has 0 spiro atoms. The molecule has 0 amide bonds. The minimum Gasteiger partial charge on any atom is -0.390 e. The summed E-state index contributed by atoms with van der Waals surface area (Å²) in [5.74, 6) is 3.06. The Morgan fingerprint density at radius 1 is 1.09 bits per heavy atom. The molecule has 0 aromatic rings. The van der Waals surface area contributed by atoms with Crippen molar-refractivity contribution in [2.75, 3.05) is 0 Å². The Bertz CT molecular complexity index is 574. The molecule has 2 nitrogen and oxygen atoms in total. The highest BCUT2D eigenvalue weighted by atomic mass is 16.3. The normalized spacial score (nSPS) is 55.7. The number of rotatable bonds is 0. The molecule has 0 aromatic carbocycles. The van der Waals surface area contributed by atoms with Gasteiger partial charge in [0, 0.05) is 6.42 Å². The number of aliphatic hydroxyl groups is 1. The van der Waals surface area contributed by atoms with Gasteiger partial charge in [0.25, 0.3) is 0 Å².